The second kappa shape index (κ2) is 6.85. The minimum absolute atomic E-state index is 0. The van der Waals surface area contributed by atoms with Crippen LogP contribution in [0, 0.1) is 0 Å². The molecule has 19 heavy (non-hydrogen) atoms. The van der Waals surface area contributed by atoms with Gasteiger partial charge >= 0.3 is 12.7 Å². The van der Waals surface area contributed by atoms with E-state index in [9.17, 15) is 0 Å². The Morgan fingerprint density at radius 2 is 1.32 bits per heavy atom. The highest BCUT2D eigenvalue weighted by Crippen LogP contribution is 2.39. The van der Waals surface area contributed by atoms with Crippen molar-refractivity contribution < 1.29 is 3.79 Å². The van der Waals surface area contributed by atoms with E-state index in [0.717, 1.165) is 5.75 Å². The Labute approximate surface area is 135 Å². The van der Waals surface area contributed by atoms with Gasteiger partial charge in [-0.2, -0.15) is 14.1 Å². The lowest BCUT2D eigenvalue weighted by Gasteiger charge is -2.30. The summed E-state index contributed by atoms with van der Waals surface area (Å²) in [7, 11) is 0. The molecule has 0 unspecified atom stereocenters. The van der Waals surface area contributed by atoms with Crippen molar-refractivity contribution in [2.45, 2.75) is 58.2 Å². The van der Waals surface area contributed by atoms with Crippen LogP contribution in [-0.2, 0) is 10.8 Å². The zero-order chi connectivity index (χ0) is 14.1. The molecule has 0 aliphatic heterocycles. The maximum Gasteiger partial charge on any atom is 0.640 e. The van der Waals surface area contributed by atoms with Crippen molar-refractivity contribution in [3.8, 4) is 5.75 Å². The van der Waals surface area contributed by atoms with Gasteiger partial charge in [0.2, 0.25) is 0 Å². The summed E-state index contributed by atoms with van der Waals surface area (Å²) < 4.78 is 6.19. The molecule has 0 aliphatic rings. The summed E-state index contributed by atoms with van der Waals surface area (Å²) >= 11 is 2.35. The highest BCUT2D eigenvalue weighted by molar-refractivity contribution is 9.24. The second-order valence-electron chi connectivity index (χ2n) is 6.84. The van der Waals surface area contributed by atoms with Gasteiger partial charge in [-0.25, -0.2) is 0 Å². The van der Waals surface area contributed by atoms with Gasteiger partial charge in [0.25, 0.3) is 0 Å². The minimum Gasteiger partial charge on any atom is -0.634 e. The van der Waals surface area contributed by atoms with Crippen molar-refractivity contribution in [2.75, 3.05) is 0 Å². The molecule has 1 aromatic rings. The van der Waals surface area contributed by atoms with E-state index in [1.165, 1.54) is 11.1 Å². The van der Waals surface area contributed by atoms with E-state index in [1.807, 2.05) is 0 Å². The van der Waals surface area contributed by atoms with Crippen molar-refractivity contribution in [3.05, 3.63) is 29.3 Å². The smallest absolute Gasteiger partial charge is 0.634 e. The molecule has 0 spiro atoms. The van der Waals surface area contributed by atoms with Crippen LogP contribution in [-0.4, -0.2) is 12.7 Å². The van der Waals surface area contributed by atoms with Crippen LogP contribution in [0.5, 0.6) is 5.75 Å². The number of hydrogen-bond acceptors (Lipinski definition) is 1. The van der Waals surface area contributed by atoms with Gasteiger partial charge in [0.1, 0.15) is 0 Å². The van der Waals surface area contributed by atoms with Crippen molar-refractivity contribution in [3.63, 3.8) is 0 Å². The summed E-state index contributed by atoms with van der Waals surface area (Å²) in [5.74, 6) is 3.24. The van der Waals surface area contributed by atoms with Crippen LogP contribution in [0.15, 0.2) is 18.2 Å². The van der Waals surface area contributed by atoms with Crippen LogP contribution in [0.3, 0.4) is 0 Å². The van der Waals surface area contributed by atoms with Crippen molar-refractivity contribution in [1.82, 2.24) is 0 Å². The fourth-order valence-corrected chi connectivity index (χ4v) is 3.15. The maximum absolute atomic E-state index is 6.19. The van der Waals surface area contributed by atoms with E-state index >= 15 is 0 Å². The first-order valence-electron chi connectivity index (χ1n) is 6.48. The normalized spacial score (nSPS) is 11.8. The fourth-order valence-electron chi connectivity index (χ4n) is 2.01. The topological polar surface area (TPSA) is 9.23 Å². The first-order valence-corrected chi connectivity index (χ1v) is 11.3. The fraction of sp³-hybridized carbons (Fsp3) is 0.600. The zero-order valence-electron chi connectivity index (χ0n) is 13.0. The molecule has 0 saturated heterocycles. The summed E-state index contributed by atoms with van der Waals surface area (Å²) in [5.41, 5.74) is 2.81. The molecule has 0 atom stereocenters. The molecule has 0 aromatic heterocycles. The average molecular weight is 364 g/mol. The van der Waals surface area contributed by atoms with Gasteiger partial charge < -0.3 is 3.79 Å². The van der Waals surface area contributed by atoms with E-state index in [4.69, 9.17) is 3.79 Å². The van der Waals surface area contributed by atoms with Gasteiger partial charge in [-0.1, -0.05) is 65.5 Å². The van der Waals surface area contributed by atoms with Gasteiger partial charge in [-0.05, 0) is 22.0 Å². The summed E-state index contributed by atoms with van der Waals surface area (Å²) in [6.07, 6.45) is 0. The van der Waals surface area contributed by atoms with Crippen LogP contribution in [0.1, 0.15) is 52.7 Å². The SMILES string of the molecule is Cl.[CH3][Al]([Br])[O]c1c(C(C)(C)C)cccc1C(C)(C)C. The maximum atomic E-state index is 6.19. The molecule has 0 amide bonds. The van der Waals surface area contributed by atoms with Crippen LogP contribution >= 0.6 is 26.5 Å². The number of rotatable bonds is 2. The molecule has 108 valence electrons. The average Bonchev–Trinajstić information content (AvgIpc) is 2.13. The summed E-state index contributed by atoms with van der Waals surface area (Å²) in [6, 6.07) is 6.52. The third kappa shape index (κ3) is 5.31. The molecule has 0 aliphatic carbocycles. The monoisotopic (exact) mass is 362 g/mol. The van der Waals surface area contributed by atoms with Crippen molar-refractivity contribution >= 4 is 39.1 Å². The predicted octanol–water partition coefficient (Wildman–Crippen LogP) is 5.60. The Morgan fingerprint density at radius 1 is 0.947 bits per heavy atom. The lowest BCUT2D eigenvalue weighted by molar-refractivity contribution is 0.493. The molecule has 0 fully saturated rings. The molecule has 0 saturated carbocycles. The highest BCUT2D eigenvalue weighted by atomic mass is 79.9. The molecule has 1 rings (SSSR count). The largest absolute Gasteiger partial charge is 0.640 e. The lowest BCUT2D eigenvalue weighted by atomic mass is 9.80. The Morgan fingerprint density at radius 3 is 1.58 bits per heavy atom. The lowest BCUT2D eigenvalue weighted by Crippen LogP contribution is -2.22. The highest BCUT2D eigenvalue weighted by Gasteiger charge is 2.27. The predicted molar refractivity (Wildman–Crippen MR) is 92.3 cm³/mol. The summed E-state index contributed by atoms with van der Waals surface area (Å²) in [6.45, 7) is 13.4. The molecular formula is C15H25AlBrClO. The van der Waals surface area contributed by atoms with Gasteiger partial charge in [-0.15, -0.1) is 12.4 Å². The molecule has 0 radical (unpaired) electrons. The van der Waals surface area contributed by atoms with Gasteiger partial charge in [0.05, 0.1) is 5.75 Å². The van der Waals surface area contributed by atoms with Crippen LogP contribution < -0.4 is 3.79 Å². The minimum atomic E-state index is -1.28. The Balaban J connectivity index is 0.00000324. The van der Waals surface area contributed by atoms with E-state index < -0.39 is 12.7 Å². The molecule has 1 aromatic carbocycles. The first kappa shape index (κ1) is 19.3. The number of hydrogen-bond donors (Lipinski definition) is 0. The molecule has 0 bridgehead atoms. The van der Waals surface area contributed by atoms with Crippen molar-refractivity contribution in [2.24, 2.45) is 0 Å². The molecule has 4 heteroatoms. The van der Waals surface area contributed by atoms with Gasteiger partial charge in [0.15, 0.2) is 0 Å². The summed E-state index contributed by atoms with van der Waals surface area (Å²) in [4.78, 5) is 0. The van der Waals surface area contributed by atoms with Crippen molar-refractivity contribution in [1.29, 1.82) is 0 Å². The van der Waals surface area contributed by atoms with E-state index in [2.05, 4.69) is 79.6 Å². The Hall–Kier alpha value is 0.322. The van der Waals surface area contributed by atoms with Gasteiger partial charge in [0, 0.05) is 0 Å². The number of halogens is 2. The first-order chi connectivity index (χ1) is 8.03. The molecule has 0 N–H and O–H groups in total. The third-order valence-corrected chi connectivity index (χ3v) is 4.03. The van der Waals surface area contributed by atoms with Crippen LogP contribution in [0.4, 0.5) is 0 Å². The second-order valence-corrected chi connectivity index (χ2v) is 12.0. The van der Waals surface area contributed by atoms with Gasteiger partial charge in [-0.3, -0.25) is 0 Å². The van der Waals surface area contributed by atoms with Crippen LogP contribution in [0.2, 0.25) is 5.79 Å². The molecular weight excluding hydrogens is 339 g/mol. The number of benzene rings is 1. The third-order valence-electron chi connectivity index (χ3n) is 2.91. The van der Waals surface area contributed by atoms with Crippen LogP contribution in [0.25, 0.3) is 0 Å². The Bertz CT molecular complexity index is 387. The quantitative estimate of drug-likeness (QED) is 0.622. The Kier molecular flexibility index (Phi) is 6.97. The summed E-state index contributed by atoms with van der Waals surface area (Å²) in [5, 5.41) is 0. The molecule has 0 heterocycles. The number of para-hydroxylation sites is 1. The van der Waals surface area contributed by atoms with E-state index in [0.29, 0.717) is 0 Å². The van der Waals surface area contributed by atoms with E-state index in [-0.39, 0.29) is 23.2 Å². The zero-order valence-corrected chi connectivity index (χ0v) is 16.6. The standard InChI is InChI=1S/C14H22O.CH3.Al.BrH.ClH/c1-13(2,3)10-8-7-9-11(12(10)15)14(4,5)6;;;;/h7-9,15H,1-6H3;1H3;;2*1H/q;;+2;;/p-2. The molecule has 1 nitrogen and oxygen atoms in total. The van der Waals surface area contributed by atoms with E-state index in [1.54, 1.807) is 0 Å².